The molecule has 0 aliphatic rings. The summed E-state index contributed by atoms with van der Waals surface area (Å²) in [5, 5.41) is 24.8. The second-order valence-electron chi connectivity index (χ2n) is 9.19. The van der Waals surface area contributed by atoms with Crippen molar-refractivity contribution in [2.75, 3.05) is 0 Å². The van der Waals surface area contributed by atoms with Crippen molar-refractivity contribution in [3.63, 3.8) is 0 Å². The van der Waals surface area contributed by atoms with Gasteiger partial charge in [0.15, 0.2) is 0 Å². The van der Waals surface area contributed by atoms with Gasteiger partial charge in [-0.2, -0.15) is 0 Å². The molecule has 5 rings (SSSR count). The molecule has 0 saturated carbocycles. The minimum Gasteiger partial charge on any atom is -0.508 e. The molecule has 1 atom stereocenters. The fourth-order valence-corrected chi connectivity index (χ4v) is 5.62. The van der Waals surface area contributed by atoms with E-state index in [0.717, 1.165) is 37.9 Å². The van der Waals surface area contributed by atoms with Gasteiger partial charge in [-0.25, -0.2) is 4.79 Å². The van der Waals surface area contributed by atoms with Gasteiger partial charge in [-0.1, -0.05) is 59.6 Å². The number of hydrogen-bond donors (Lipinski definition) is 3. The zero-order chi connectivity index (χ0) is 27.5. The molecule has 1 amide bonds. The number of halogens is 2. The van der Waals surface area contributed by atoms with Crippen molar-refractivity contribution >= 4 is 56.5 Å². The number of rotatable bonds is 8. The summed E-state index contributed by atoms with van der Waals surface area (Å²) in [4.78, 5) is 25.7. The first kappa shape index (κ1) is 26.8. The van der Waals surface area contributed by atoms with Gasteiger partial charge in [0.1, 0.15) is 11.8 Å². The summed E-state index contributed by atoms with van der Waals surface area (Å²) < 4.78 is 0.925. The molecule has 0 aliphatic heterocycles. The van der Waals surface area contributed by atoms with Crippen molar-refractivity contribution in [2.45, 2.75) is 18.9 Å². The minimum atomic E-state index is -1.15. The predicted molar refractivity (Wildman–Crippen MR) is 157 cm³/mol. The topological polar surface area (TPSA) is 86.6 Å². The number of carboxylic acid groups (broad SMARTS) is 1. The fraction of sp³-hybridized carbons (Fsp3) is 0.0968. The highest BCUT2D eigenvalue weighted by Gasteiger charge is 2.24. The fourth-order valence-electron chi connectivity index (χ4n) is 4.42. The molecule has 0 fully saturated rings. The van der Waals surface area contributed by atoms with E-state index in [1.165, 1.54) is 17.4 Å². The number of aromatic hydroxyl groups is 1. The number of carbonyl (C=O) groups excluding carboxylic acids is 1. The van der Waals surface area contributed by atoms with Gasteiger partial charge in [-0.15, -0.1) is 11.3 Å². The molecule has 5 aromatic rings. The molecular weight excluding hydrogens is 553 g/mol. The Morgan fingerprint density at radius 3 is 2.15 bits per heavy atom. The van der Waals surface area contributed by atoms with E-state index in [-0.39, 0.29) is 12.2 Å². The van der Waals surface area contributed by atoms with Crippen LogP contribution in [0.25, 0.3) is 21.2 Å². The SMILES string of the molecule is O=C(N[C@@H](Cc1ccc(O)cc1Cc1ccc(Cl)cc1)C(=O)O)c1cc2cc(-c3ccc(Cl)cc3)ccc2s1. The molecule has 0 spiro atoms. The standard InChI is InChI=1S/C31H23Cl2NO4S/c32-24-7-1-18(2-8-24)13-22-15-26(35)11-5-21(22)16-27(31(37)38)34-30(36)29-17-23-14-20(6-12-28(23)39-29)19-3-9-25(33)10-4-19/h1-12,14-15,17,27,35H,13,16H2,(H,34,36)(H,37,38)/t27-/m0/s1. The zero-order valence-electron chi connectivity index (χ0n) is 20.5. The number of nitrogens with one attached hydrogen (secondary N) is 1. The van der Waals surface area contributed by atoms with Crippen molar-refractivity contribution in [1.82, 2.24) is 5.32 Å². The van der Waals surface area contributed by atoms with Crippen LogP contribution in [0.4, 0.5) is 0 Å². The average molecular weight is 577 g/mol. The number of carbonyl (C=O) groups is 2. The van der Waals surface area contributed by atoms with Crippen molar-refractivity contribution in [2.24, 2.45) is 0 Å². The largest absolute Gasteiger partial charge is 0.508 e. The maximum atomic E-state index is 13.1. The second-order valence-corrected chi connectivity index (χ2v) is 11.2. The van der Waals surface area contributed by atoms with E-state index in [1.54, 1.807) is 30.3 Å². The monoisotopic (exact) mass is 575 g/mol. The van der Waals surface area contributed by atoms with Crippen LogP contribution in [0, 0.1) is 0 Å². The lowest BCUT2D eigenvalue weighted by atomic mass is 9.95. The van der Waals surface area contributed by atoms with Gasteiger partial charge in [0.2, 0.25) is 0 Å². The number of phenols is 1. The van der Waals surface area contributed by atoms with E-state index < -0.39 is 17.9 Å². The summed E-state index contributed by atoms with van der Waals surface area (Å²) in [6.45, 7) is 0. The second kappa shape index (κ2) is 11.5. The molecule has 0 bridgehead atoms. The van der Waals surface area contributed by atoms with E-state index >= 15 is 0 Å². The highest BCUT2D eigenvalue weighted by atomic mass is 35.5. The van der Waals surface area contributed by atoms with Crippen LogP contribution >= 0.6 is 34.5 Å². The quantitative estimate of drug-likeness (QED) is 0.178. The maximum absolute atomic E-state index is 13.1. The van der Waals surface area contributed by atoms with Crippen molar-refractivity contribution in [3.05, 3.63) is 123 Å². The molecule has 0 aliphatic carbocycles. The molecule has 3 N–H and O–H groups in total. The van der Waals surface area contributed by atoms with E-state index in [4.69, 9.17) is 23.2 Å². The molecule has 1 heterocycles. The lowest BCUT2D eigenvalue weighted by molar-refractivity contribution is -0.139. The third kappa shape index (κ3) is 6.42. The lowest BCUT2D eigenvalue weighted by Gasteiger charge is -2.17. The third-order valence-electron chi connectivity index (χ3n) is 6.44. The first-order valence-corrected chi connectivity index (χ1v) is 13.7. The minimum absolute atomic E-state index is 0.0654. The Labute approximate surface area is 239 Å². The number of aliphatic carboxylic acids is 1. The summed E-state index contributed by atoms with van der Waals surface area (Å²) in [5.74, 6) is -1.50. The summed E-state index contributed by atoms with van der Waals surface area (Å²) in [7, 11) is 0. The van der Waals surface area contributed by atoms with Crippen molar-refractivity contribution in [3.8, 4) is 16.9 Å². The average Bonchev–Trinajstić information content (AvgIpc) is 3.35. The third-order valence-corrected chi connectivity index (χ3v) is 8.06. The summed E-state index contributed by atoms with van der Waals surface area (Å²) in [5.41, 5.74) is 4.46. The molecule has 0 unspecified atom stereocenters. The molecule has 8 heteroatoms. The van der Waals surface area contributed by atoms with Crippen LogP contribution in [0.2, 0.25) is 10.0 Å². The highest BCUT2D eigenvalue weighted by Crippen LogP contribution is 2.31. The van der Waals surface area contributed by atoms with Crippen LogP contribution in [-0.4, -0.2) is 28.1 Å². The Morgan fingerprint density at radius 1 is 0.795 bits per heavy atom. The number of hydrogen-bond acceptors (Lipinski definition) is 4. The van der Waals surface area contributed by atoms with E-state index in [2.05, 4.69) is 5.32 Å². The number of thiophene rings is 1. The number of phenolic OH excluding ortho intramolecular Hbond substituents is 1. The lowest BCUT2D eigenvalue weighted by Crippen LogP contribution is -2.42. The normalized spacial score (nSPS) is 11.8. The number of carboxylic acids is 1. The number of fused-ring (bicyclic) bond motifs is 1. The van der Waals surface area contributed by atoms with Gasteiger partial charge < -0.3 is 15.5 Å². The van der Waals surface area contributed by atoms with E-state index in [9.17, 15) is 19.8 Å². The Hall–Kier alpha value is -3.84. The van der Waals surface area contributed by atoms with Crippen LogP contribution in [0.5, 0.6) is 5.75 Å². The maximum Gasteiger partial charge on any atom is 0.326 e. The molecule has 196 valence electrons. The summed E-state index contributed by atoms with van der Waals surface area (Å²) in [6, 6.07) is 26.2. The molecule has 0 saturated heterocycles. The highest BCUT2D eigenvalue weighted by molar-refractivity contribution is 7.20. The Bertz CT molecular complexity index is 1660. The van der Waals surface area contributed by atoms with Gasteiger partial charge in [0.05, 0.1) is 4.88 Å². The Kier molecular flexibility index (Phi) is 7.89. The van der Waals surface area contributed by atoms with Crippen LogP contribution in [0.1, 0.15) is 26.4 Å². The Balaban J connectivity index is 1.35. The smallest absolute Gasteiger partial charge is 0.326 e. The molecule has 1 aromatic heterocycles. The first-order valence-electron chi connectivity index (χ1n) is 12.1. The summed E-state index contributed by atoms with van der Waals surface area (Å²) in [6.07, 6.45) is 0.545. The first-order chi connectivity index (χ1) is 18.7. The zero-order valence-corrected chi connectivity index (χ0v) is 22.9. The number of amides is 1. The van der Waals surface area contributed by atoms with Gasteiger partial charge >= 0.3 is 5.97 Å². The van der Waals surface area contributed by atoms with Crippen molar-refractivity contribution < 1.29 is 19.8 Å². The van der Waals surface area contributed by atoms with Gasteiger partial charge in [0, 0.05) is 21.2 Å². The van der Waals surface area contributed by atoms with Crippen LogP contribution in [-0.2, 0) is 17.6 Å². The Morgan fingerprint density at radius 2 is 1.46 bits per heavy atom. The van der Waals surface area contributed by atoms with Crippen LogP contribution in [0.3, 0.4) is 0 Å². The molecule has 39 heavy (non-hydrogen) atoms. The molecule has 4 aromatic carbocycles. The summed E-state index contributed by atoms with van der Waals surface area (Å²) >= 11 is 13.3. The van der Waals surface area contributed by atoms with Gasteiger partial charge in [-0.3, -0.25) is 4.79 Å². The molecular formula is C31H23Cl2NO4S. The van der Waals surface area contributed by atoms with E-state index in [0.29, 0.717) is 21.3 Å². The van der Waals surface area contributed by atoms with E-state index in [1.807, 2.05) is 54.6 Å². The molecule has 5 nitrogen and oxygen atoms in total. The van der Waals surface area contributed by atoms with Crippen LogP contribution in [0.15, 0.2) is 91.0 Å². The number of benzene rings is 4. The van der Waals surface area contributed by atoms with Gasteiger partial charge in [-0.05, 0) is 94.2 Å². The predicted octanol–water partition coefficient (Wildman–Crippen LogP) is 7.60. The van der Waals surface area contributed by atoms with Crippen molar-refractivity contribution in [1.29, 1.82) is 0 Å². The molecule has 0 radical (unpaired) electrons. The van der Waals surface area contributed by atoms with Crippen LogP contribution < -0.4 is 5.32 Å². The van der Waals surface area contributed by atoms with Gasteiger partial charge in [0.25, 0.3) is 5.91 Å².